The van der Waals surface area contributed by atoms with Gasteiger partial charge in [0.1, 0.15) is 0 Å². The van der Waals surface area contributed by atoms with E-state index in [1.807, 2.05) is 25.1 Å². The van der Waals surface area contributed by atoms with E-state index in [0.717, 1.165) is 38.5 Å². The Morgan fingerprint density at radius 1 is 1.26 bits per heavy atom. The third kappa shape index (κ3) is 8.52. The molecule has 1 heterocycles. The highest BCUT2D eigenvalue weighted by atomic mass is 16.1. The van der Waals surface area contributed by atoms with Gasteiger partial charge in [-0.1, -0.05) is 39.2 Å². The molecule has 1 saturated heterocycles. The number of nitrogens with zero attached hydrogens (tertiary/aromatic N) is 2. The predicted molar refractivity (Wildman–Crippen MR) is 98.7 cm³/mol. The number of likely N-dealkylation sites (N-methyl/N-ethyl adjacent to an activating group) is 1. The molecule has 1 aliphatic heterocycles. The van der Waals surface area contributed by atoms with Crippen LogP contribution < -0.4 is 5.32 Å². The smallest absolute Gasteiger partial charge is 0.243 e. The predicted octanol–water partition coefficient (Wildman–Crippen LogP) is 3.04. The molecule has 1 aliphatic rings. The monoisotopic (exact) mass is 323 g/mol. The van der Waals surface area contributed by atoms with Gasteiger partial charge in [0.25, 0.3) is 0 Å². The lowest BCUT2D eigenvalue weighted by molar-refractivity contribution is -0.117. The van der Waals surface area contributed by atoms with Gasteiger partial charge in [-0.3, -0.25) is 4.79 Å². The Hall–Kier alpha value is -0.870. The average molecular weight is 324 g/mol. The molecule has 4 nitrogen and oxygen atoms in total. The fourth-order valence-electron chi connectivity index (χ4n) is 3.30. The van der Waals surface area contributed by atoms with Gasteiger partial charge >= 0.3 is 0 Å². The second-order valence-electron chi connectivity index (χ2n) is 7.04. The van der Waals surface area contributed by atoms with Crippen molar-refractivity contribution < 1.29 is 4.79 Å². The molecule has 0 bridgehead atoms. The molecule has 23 heavy (non-hydrogen) atoms. The molecule has 1 N–H and O–H groups in total. The molecule has 1 fully saturated rings. The lowest BCUT2D eigenvalue weighted by Crippen LogP contribution is -2.47. The van der Waals surface area contributed by atoms with E-state index in [4.69, 9.17) is 0 Å². The molecule has 1 atom stereocenters. The van der Waals surface area contributed by atoms with Gasteiger partial charge in [-0.25, -0.2) is 0 Å². The number of unbranched alkanes of at least 4 members (excludes halogenated alkanes) is 2. The van der Waals surface area contributed by atoms with Crippen molar-refractivity contribution in [2.75, 3.05) is 33.7 Å². The summed E-state index contributed by atoms with van der Waals surface area (Å²) in [5.41, 5.74) is 0. The Balaban J connectivity index is 2.28. The van der Waals surface area contributed by atoms with Crippen LogP contribution in [0.3, 0.4) is 0 Å². The first kappa shape index (κ1) is 20.2. The fourth-order valence-corrected chi connectivity index (χ4v) is 3.30. The normalized spacial score (nSPS) is 18.7. The largest absolute Gasteiger partial charge is 0.350 e. The molecule has 0 saturated carbocycles. The van der Waals surface area contributed by atoms with E-state index in [-0.39, 0.29) is 5.91 Å². The summed E-state index contributed by atoms with van der Waals surface area (Å²) >= 11 is 0. The summed E-state index contributed by atoms with van der Waals surface area (Å²) in [5.74, 6) is 0.0558. The highest BCUT2D eigenvalue weighted by Crippen LogP contribution is 2.19. The number of hydrogen-bond acceptors (Lipinski definition) is 3. The van der Waals surface area contributed by atoms with Crippen molar-refractivity contribution in [3.05, 3.63) is 12.2 Å². The summed E-state index contributed by atoms with van der Waals surface area (Å²) in [5, 5.41) is 3.15. The van der Waals surface area contributed by atoms with Gasteiger partial charge in [0.2, 0.25) is 5.91 Å². The number of nitrogens with one attached hydrogen (secondary N) is 1. The first-order chi connectivity index (χ1) is 11.1. The SMILES string of the molecule is CCCCCC(CC)N1CCC(NC(=O)/C=C/CN(C)C)CC1. The summed E-state index contributed by atoms with van der Waals surface area (Å²) in [4.78, 5) is 16.6. The van der Waals surface area contributed by atoms with Crippen LogP contribution >= 0.6 is 0 Å². The van der Waals surface area contributed by atoms with Gasteiger partial charge in [-0.05, 0) is 39.8 Å². The van der Waals surface area contributed by atoms with Crippen LogP contribution in [0.1, 0.15) is 58.8 Å². The van der Waals surface area contributed by atoms with Crippen LogP contribution in [-0.2, 0) is 4.79 Å². The van der Waals surface area contributed by atoms with Gasteiger partial charge in [0, 0.05) is 37.8 Å². The zero-order chi connectivity index (χ0) is 17.1. The second kappa shape index (κ2) is 11.6. The minimum absolute atomic E-state index is 0.0558. The zero-order valence-electron chi connectivity index (χ0n) is 15.7. The van der Waals surface area contributed by atoms with E-state index in [1.54, 1.807) is 6.08 Å². The lowest BCUT2D eigenvalue weighted by Gasteiger charge is -2.37. The highest BCUT2D eigenvalue weighted by molar-refractivity contribution is 5.87. The molecule has 0 aromatic heterocycles. The van der Waals surface area contributed by atoms with Gasteiger partial charge in [-0.15, -0.1) is 0 Å². The molecular formula is C19H37N3O. The molecule has 134 valence electrons. The van der Waals surface area contributed by atoms with Crippen LogP contribution in [0.5, 0.6) is 0 Å². The summed E-state index contributed by atoms with van der Waals surface area (Å²) in [6.45, 7) is 7.62. The van der Waals surface area contributed by atoms with E-state index in [9.17, 15) is 4.79 Å². The molecule has 0 aliphatic carbocycles. The third-order valence-electron chi connectivity index (χ3n) is 4.74. The minimum Gasteiger partial charge on any atom is -0.350 e. The standard InChI is InChI=1S/C19H37N3O/c1-5-7-8-10-18(6-2)22-15-12-17(13-16-22)20-19(23)11-9-14-21(3)4/h9,11,17-18H,5-8,10,12-16H2,1-4H3,(H,20,23)/b11-9+. The number of rotatable bonds is 10. The molecule has 1 rings (SSSR count). The van der Waals surface area contributed by atoms with E-state index in [2.05, 4.69) is 24.1 Å². The van der Waals surface area contributed by atoms with E-state index in [1.165, 1.54) is 32.1 Å². The molecular weight excluding hydrogens is 286 g/mol. The topological polar surface area (TPSA) is 35.6 Å². The van der Waals surface area contributed by atoms with Crippen molar-refractivity contribution in [3.63, 3.8) is 0 Å². The van der Waals surface area contributed by atoms with Crippen LogP contribution in [0.15, 0.2) is 12.2 Å². The van der Waals surface area contributed by atoms with Crippen molar-refractivity contribution in [1.29, 1.82) is 0 Å². The van der Waals surface area contributed by atoms with Crippen molar-refractivity contribution in [2.45, 2.75) is 70.9 Å². The van der Waals surface area contributed by atoms with Gasteiger partial charge in [-0.2, -0.15) is 0 Å². The van der Waals surface area contributed by atoms with E-state index >= 15 is 0 Å². The van der Waals surface area contributed by atoms with Gasteiger partial charge < -0.3 is 15.1 Å². The average Bonchev–Trinajstić information content (AvgIpc) is 2.52. The third-order valence-corrected chi connectivity index (χ3v) is 4.74. The molecule has 0 aromatic rings. The molecule has 4 heteroatoms. The summed E-state index contributed by atoms with van der Waals surface area (Å²) in [7, 11) is 4.01. The van der Waals surface area contributed by atoms with E-state index < -0.39 is 0 Å². The van der Waals surface area contributed by atoms with Crippen LogP contribution in [0.2, 0.25) is 0 Å². The van der Waals surface area contributed by atoms with Crippen LogP contribution in [0, 0.1) is 0 Å². The van der Waals surface area contributed by atoms with Crippen molar-refractivity contribution in [1.82, 2.24) is 15.1 Å². The Labute approximate surface area is 143 Å². The number of likely N-dealkylation sites (tertiary alicyclic amines) is 1. The maximum Gasteiger partial charge on any atom is 0.243 e. The van der Waals surface area contributed by atoms with E-state index in [0.29, 0.717) is 6.04 Å². The maximum absolute atomic E-state index is 11.9. The lowest BCUT2D eigenvalue weighted by atomic mass is 9.99. The number of piperidine rings is 1. The fraction of sp³-hybridized carbons (Fsp3) is 0.842. The molecule has 0 aromatic carbocycles. The Bertz CT molecular complexity index is 347. The van der Waals surface area contributed by atoms with Crippen molar-refractivity contribution in [3.8, 4) is 0 Å². The Morgan fingerprint density at radius 2 is 1.96 bits per heavy atom. The molecule has 1 unspecified atom stereocenters. The summed E-state index contributed by atoms with van der Waals surface area (Å²) < 4.78 is 0. The quantitative estimate of drug-likeness (QED) is 0.496. The van der Waals surface area contributed by atoms with Gasteiger partial charge in [0.15, 0.2) is 0 Å². The van der Waals surface area contributed by atoms with Crippen LogP contribution in [-0.4, -0.2) is 61.5 Å². The number of hydrogen-bond donors (Lipinski definition) is 1. The van der Waals surface area contributed by atoms with Crippen molar-refractivity contribution in [2.24, 2.45) is 0 Å². The molecule has 1 amide bonds. The maximum atomic E-state index is 11.9. The number of amides is 1. The Morgan fingerprint density at radius 3 is 2.52 bits per heavy atom. The second-order valence-corrected chi connectivity index (χ2v) is 7.04. The Kier molecular flexibility index (Phi) is 10.2. The molecule has 0 radical (unpaired) electrons. The molecule has 0 spiro atoms. The number of carbonyl (C=O) groups is 1. The summed E-state index contributed by atoms with van der Waals surface area (Å²) in [6.07, 6.45) is 12.3. The number of carbonyl (C=O) groups excluding carboxylic acids is 1. The van der Waals surface area contributed by atoms with Crippen LogP contribution in [0.25, 0.3) is 0 Å². The van der Waals surface area contributed by atoms with Gasteiger partial charge in [0.05, 0.1) is 0 Å². The zero-order valence-corrected chi connectivity index (χ0v) is 15.7. The first-order valence-electron chi connectivity index (χ1n) is 9.42. The first-order valence-corrected chi connectivity index (χ1v) is 9.42. The highest BCUT2D eigenvalue weighted by Gasteiger charge is 2.24. The minimum atomic E-state index is 0.0558. The summed E-state index contributed by atoms with van der Waals surface area (Å²) in [6, 6.07) is 1.08. The van der Waals surface area contributed by atoms with Crippen molar-refractivity contribution >= 4 is 5.91 Å². The van der Waals surface area contributed by atoms with Crippen LogP contribution in [0.4, 0.5) is 0 Å².